The fourth-order valence-corrected chi connectivity index (χ4v) is 3.76. The number of aromatic nitrogens is 1. The lowest BCUT2D eigenvalue weighted by Crippen LogP contribution is -2.18. The smallest absolute Gasteiger partial charge is 0.308 e. The number of aliphatic carboxylic acids is 1. The zero-order valence-corrected chi connectivity index (χ0v) is 20.7. The molecule has 1 heterocycles. The zero-order valence-electron chi connectivity index (χ0n) is 20.7. The third-order valence-electron chi connectivity index (χ3n) is 5.76. The summed E-state index contributed by atoms with van der Waals surface area (Å²) >= 11 is 0. The van der Waals surface area contributed by atoms with Gasteiger partial charge < -0.3 is 16.2 Å². The lowest BCUT2D eigenvalue weighted by atomic mass is 9.84. The number of nitrogens with zero attached hydrogens (tertiary/aromatic N) is 1. The maximum absolute atomic E-state index is 12.7. The van der Waals surface area contributed by atoms with Crippen molar-refractivity contribution in [2.24, 2.45) is 11.1 Å². The van der Waals surface area contributed by atoms with E-state index >= 15 is 0 Å². The Hall–Kier alpha value is -3.74. The van der Waals surface area contributed by atoms with Gasteiger partial charge in [-0.1, -0.05) is 49.6 Å². The number of anilines is 1. The summed E-state index contributed by atoms with van der Waals surface area (Å²) in [4.78, 5) is 35.6. The van der Waals surface area contributed by atoms with Gasteiger partial charge in [0.25, 0.3) is 5.91 Å². The number of carbonyl (C=O) groups excluding carboxylic acids is 2. The van der Waals surface area contributed by atoms with Crippen LogP contribution in [-0.2, 0) is 9.59 Å². The summed E-state index contributed by atoms with van der Waals surface area (Å²) in [5.41, 5.74) is 7.15. The van der Waals surface area contributed by atoms with Crippen LogP contribution in [0.15, 0.2) is 60.8 Å². The number of hydrogen-bond acceptors (Lipinski definition) is 4. The van der Waals surface area contributed by atoms with Gasteiger partial charge in [-0.25, -0.2) is 0 Å². The molecule has 0 radical (unpaired) electrons. The first-order chi connectivity index (χ1) is 16.7. The van der Waals surface area contributed by atoms with Crippen molar-refractivity contribution in [1.29, 1.82) is 0 Å². The second kappa shape index (κ2) is 13.2. The monoisotopic (exact) mass is 477 g/mol. The molecule has 7 heteroatoms. The molecule has 0 spiro atoms. The molecule has 3 aromatic rings. The molecule has 1 aliphatic rings. The number of amides is 2. The van der Waals surface area contributed by atoms with Crippen LogP contribution in [0.5, 0.6) is 0 Å². The molecule has 1 fully saturated rings. The number of nitrogens with two attached hydrogens (primary N) is 1. The minimum atomic E-state index is -0.757. The Kier molecular flexibility index (Phi) is 10.4. The number of rotatable bonds is 3. The molecule has 1 saturated carbocycles. The lowest BCUT2D eigenvalue weighted by Gasteiger charge is -2.22. The van der Waals surface area contributed by atoms with E-state index in [0.717, 1.165) is 16.6 Å². The minimum Gasteiger partial charge on any atom is -0.481 e. The number of nitrogens with one attached hydrogen (secondary N) is 1. The Morgan fingerprint density at radius 3 is 2.14 bits per heavy atom. The van der Waals surface area contributed by atoms with E-state index in [-0.39, 0.29) is 12.3 Å². The first kappa shape index (κ1) is 27.5. The van der Waals surface area contributed by atoms with E-state index in [9.17, 15) is 9.59 Å². The van der Waals surface area contributed by atoms with E-state index in [0.29, 0.717) is 11.5 Å². The summed E-state index contributed by atoms with van der Waals surface area (Å²) < 4.78 is 0. The van der Waals surface area contributed by atoms with E-state index in [4.69, 9.17) is 9.90 Å². The highest BCUT2D eigenvalue weighted by Crippen LogP contribution is 2.33. The predicted octanol–water partition coefficient (Wildman–Crippen LogP) is 5.75. The molecule has 0 aliphatic heterocycles. The first-order valence-corrected chi connectivity index (χ1v) is 11.8. The lowest BCUT2D eigenvalue weighted by molar-refractivity contribution is -0.145. The molecule has 1 aliphatic carbocycles. The van der Waals surface area contributed by atoms with E-state index in [2.05, 4.69) is 28.2 Å². The standard InChI is InChI=1S/C22H22N2O.C5H10O2.CH3NO/c25-22(20-10-4-8-18-9-5-15-23-21(18)20)24-19-13-11-17(12-14-19)16-6-2-1-3-7-16;1-5(2,3)4(6)7;2-1-3/h4-5,8-16H,1-3,6-7H2,(H,24,25);1-3H3,(H,6,7);1H,(H2,2,3). The summed E-state index contributed by atoms with van der Waals surface area (Å²) in [6.45, 7) is 4.99. The van der Waals surface area contributed by atoms with Crippen molar-refractivity contribution >= 4 is 34.9 Å². The number of pyridine rings is 1. The molecule has 4 rings (SSSR count). The Bertz CT molecular complexity index is 1110. The molecule has 0 atom stereocenters. The van der Waals surface area contributed by atoms with Crippen LogP contribution >= 0.6 is 0 Å². The van der Waals surface area contributed by atoms with Gasteiger partial charge >= 0.3 is 5.97 Å². The van der Waals surface area contributed by atoms with E-state index in [1.54, 1.807) is 27.0 Å². The molecule has 4 N–H and O–H groups in total. The van der Waals surface area contributed by atoms with E-state index in [1.165, 1.54) is 37.7 Å². The van der Waals surface area contributed by atoms with Crippen molar-refractivity contribution in [3.63, 3.8) is 0 Å². The summed E-state index contributed by atoms with van der Waals surface area (Å²) in [5.74, 6) is -0.192. The molecule has 0 bridgehead atoms. The minimum absolute atomic E-state index is 0.116. The van der Waals surface area contributed by atoms with Gasteiger partial charge in [0.2, 0.25) is 6.41 Å². The molecule has 1 aromatic heterocycles. The number of carboxylic acid groups (broad SMARTS) is 1. The fraction of sp³-hybridized carbons (Fsp3) is 0.357. The van der Waals surface area contributed by atoms with Crippen LogP contribution in [0.3, 0.4) is 0 Å². The normalized spacial score (nSPS) is 13.5. The molecule has 0 unspecified atom stereocenters. The highest BCUT2D eigenvalue weighted by molar-refractivity contribution is 6.11. The number of carbonyl (C=O) groups is 3. The van der Waals surface area contributed by atoms with Crippen molar-refractivity contribution in [3.8, 4) is 0 Å². The largest absolute Gasteiger partial charge is 0.481 e. The maximum Gasteiger partial charge on any atom is 0.308 e. The number of benzene rings is 2. The van der Waals surface area contributed by atoms with E-state index in [1.807, 2.05) is 42.5 Å². The van der Waals surface area contributed by atoms with Crippen LogP contribution in [-0.4, -0.2) is 28.4 Å². The Labute approximate surface area is 206 Å². The van der Waals surface area contributed by atoms with Gasteiger partial charge in [0.1, 0.15) is 0 Å². The van der Waals surface area contributed by atoms with Crippen LogP contribution in [0.2, 0.25) is 0 Å². The Morgan fingerprint density at radius 1 is 1.00 bits per heavy atom. The third kappa shape index (κ3) is 8.52. The molecule has 0 saturated heterocycles. The van der Waals surface area contributed by atoms with Crippen LogP contribution in [0.25, 0.3) is 10.9 Å². The zero-order chi connectivity index (χ0) is 25.8. The molecule has 7 nitrogen and oxygen atoms in total. The predicted molar refractivity (Wildman–Crippen MR) is 139 cm³/mol. The molecule has 2 aromatic carbocycles. The van der Waals surface area contributed by atoms with Gasteiger partial charge in [-0.15, -0.1) is 0 Å². The van der Waals surface area contributed by atoms with Crippen molar-refractivity contribution in [2.45, 2.75) is 58.8 Å². The number of carboxylic acids is 1. The maximum atomic E-state index is 12.7. The number of hydrogen-bond donors (Lipinski definition) is 3. The van der Waals surface area contributed by atoms with Gasteiger partial charge in [0, 0.05) is 17.3 Å². The Balaban J connectivity index is 0.000000369. The fourth-order valence-electron chi connectivity index (χ4n) is 3.76. The van der Waals surface area contributed by atoms with Crippen molar-refractivity contribution in [2.75, 3.05) is 5.32 Å². The number of fused-ring (bicyclic) bond motifs is 1. The number of primary amides is 1. The summed E-state index contributed by atoms with van der Waals surface area (Å²) in [5, 5.41) is 12.2. The van der Waals surface area contributed by atoms with Gasteiger partial charge in [0.05, 0.1) is 16.5 Å². The highest BCUT2D eigenvalue weighted by Gasteiger charge is 2.19. The van der Waals surface area contributed by atoms with Crippen LogP contribution in [0.1, 0.15) is 74.7 Å². The Morgan fingerprint density at radius 2 is 1.57 bits per heavy atom. The summed E-state index contributed by atoms with van der Waals surface area (Å²) in [6, 6.07) is 17.9. The third-order valence-corrected chi connectivity index (χ3v) is 5.76. The average molecular weight is 478 g/mol. The van der Waals surface area contributed by atoms with Gasteiger partial charge in [-0.05, 0) is 69.4 Å². The van der Waals surface area contributed by atoms with Gasteiger partial charge in [-0.3, -0.25) is 19.4 Å². The van der Waals surface area contributed by atoms with Crippen LogP contribution < -0.4 is 11.1 Å². The van der Waals surface area contributed by atoms with Crippen LogP contribution in [0.4, 0.5) is 5.69 Å². The molecular formula is C28H35N3O4. The number of para-hydroxylation sites is 1. The summed E-state index contributed by atoms with van der Waals surface area (Å²) in [6.07, 6.45) is 8.57. The van der Waals surface area contributed by atoms with Gasteiger partial charge in [0.15, 0.2) is 0 Å². The topological polar surface area (TPSA) is 122 Å². The van der Waals surface area contributed by atoms with Gasteiger partial charge in [-0.2, -0.15) is 0 Å². The quantitative estimate of drug-likeness (QED) is 0.414. The van der Waals surface area contributed by atoms with Crippen molar-refractivity contribution < 1.29 is 19.5 Å². The first-order valence-electron chi connectivity index (χ1n) is 11.8. The van der Waals surface area contributed by atoms with E-state index < -0.39 is 11.4 Å². The second-order valence-electron chi connectivity index (χ2n) is 9.48. The molecular weight excluding hydrogens is 442 g/mol. The molecule has 2 amide bonds. The second-order valence-corrected chi connectivity index (χ2v) is 9.48. The SMILES string of the molecule is CC(C)(C)C(=O)O.NC=O.O=C(Nc1ccc(C2CCCCC2)cc1)c1cccc2cccnc12. The average Bonchev–Trinajstić information content (AvgIpc) is 2.85. The summed E-state index contributed by atoms with van der Waals surface area (Å²) in [7, 11) is 0. The molecule has 186 valence electrons. The van der Waals surface area contributed by atoms with Crippen molar-refractivity contribution in [3.05, 3.63) is 71.9 Å². The molecule has 35 heavy (non-hydrogen) atoms. The van der Waals surface area contributed by atoms with Crippen molar-refractivity contribution in [1.82, 2.24) is 4.98 Å². The highest BCUT2D eigenvalue weighted by atomic mass is 16.4. The van der Waals surface area contributed by atoms with Crippen LogP contribution in [0, 0.1) is 5.41 Å².